The average molecular weight is 498 g/mol. The summed E-state index contributed by atoms with van der Waals surface area (Å²) in [7, 11) is 0. The number of carbonyl (C=O) groups is 5. The topological polar surface area (TPSA) is 122 Å². The highest BCUT2D eigenvalue weighted by Crippen LogP contribution is 2.42. The molecule has 4 rings (SSSR count). The third-order valence-corrected chi connectivity index (χ3v) is 6.65. The first-order valence-corrected chi connectivity index (χ1v) is 11.6. The summed E-state index contributed by atoms with van der Waals surface area (Å²) < 4.78 is 4.97. The third-order valence-electron chi connectivity index (χ3n) is 6.32. The zero-order valence-corrected chi connectivity index (χ0v) is 19.7. The minimum atomic E-state index is -0.773. The van der Waals surface area contributed by atoms with Crippen molar-refractivity contribution in [3.63, 3.8) is 0 Å². The van der Waals surface area contributed by atoms with Gasteiger partial charge in [0.05, 0.1) is 33.7 Å². The summed E-state index contributed by atoms with van der Waals surface area (Å²) in [5.74, 6) is -2.69. The standard InChI is InChI=1S/C25H24ClN3O6/c1-14-6-11-17-19(12-14)24(33)29(23(17)32)16-9-7-15(8-10-16)25(34)35-13-21(30)27-28-22(31)18-4-2-3-5-20(18)26/h2-5,7-10,14,17,19H,6,11-13H2,1H3,(H,27,30)(H,28,31)/t14-,17+,19+/m1/s1. The van der Waals surface area contributed by atoms with Crippen LogP contribution in [0.5, 0.6) is 0 Å². The van der Waals surface area contributed by atoms with Crippen molar-refractivity contribution in [1.82, 2.24) is 10.9 Å². The van der Waals surface area contributed by atoms with E-state index in [9.17, 15) is 24.0 Å². The lowest BCUT2D eigenvalue weighted by atomic mass is 9.76. The second-order valence-electron chi connectivity index (χ2n) is 8.75. The van der Waals surface area contributed by atoms with Gasteiger partial charge in [-0.3, -0.25) is 34.9 Å². The summed E-state index contributed by atoms with van der Waals surface area (Å²) in [6, 6.07) is 12.2. The first-order valence-electron chi connectivity index (χ1n) is 11.2. The molecular formula is C25H24ClN3O6. The fourth-order valence-electron chi connectivity index (χ4n) is 4.48. The van der Waals surface area contributed by atoms with Crippen LogP contribution in [0, 0.1) is 17.8 Å². The highest BCUT2D eigenvalue weighted by atomic mass is 35.5. The molecular weight excluding hydrogens is 474 g/mol. The molecule has 2 aromatic carbocycles. The van der Waals surface area contributed by atoms with Crippen LogP contribution in [0.4, 0.5) is 5.69 Å². The van der Waals surface area contributed by atoms with E-state index < -0.39 is 24.4 Å². The van der Waals surface area contributed by atoms with Crippen LogP contribution < -0.4 is 15.8 Å². The number of hydrogen-bond donors (Lipinski definition) is 2. The van der Waals surface area contributed by atoms with E-state index in [1.807, 2.05) is 0 Å². The molecule has 1 aliphatic carbocycles. The molecule has 0 bridgehead atoms. The van der Waals surface area contributed by atoms with Gasteiger partial charge in [-0.05, 0) is 61.6 Å². The number of esters is 1. The van der Waals surface area contributed by atoms with Crippen LogP contribution in [-0.2, 0) is 19.1 Å². The predicted octanol–water partition coefficient (Wildman–Crippen LogP) is 2.88. The summed E-state index contributed by atoms with van der Waals surface area (Å²) in [6.07, 6.45) is 2.34. The molecule has 2 aromatic rings. The molecule has 4 amide bonds. The molecule has 35 heavy (non-hydrogen) atoms. The van der Waals surface area contributed by atoms with Gasteiger partial charge >= 0.3 is 5.97 Å². The van der Waals surface area contributed by atoms with Crippen LogP contribution >= 0.6 is 11.6 Å². The zero-order chi connectivity index (χ0) is 25.1. The Morgan fingerprint density at radius 2 is 1.66 bits per heavy atom. The number of benzene rings is 2. The Hall–Kier alpha value is -3.72. The van der Waals surface area contributed by atoms with Crippen LogP contribution in [0.2, 0.25) is 5.02 Å². The van der Waals surface area contributed by atoms with Crippen molar-refractivity contribution in [2.45, 2.75) is 26.2 Å². The Labute approximate surface area is 206 Å². The Morgan fingerprint density at radius 3 is 2.37 bits per heavy atom. The van der Waals surface area contributed by atoms with Gasteiger partial charge in [0.2, 0.25) is 11.8 Å². The van der Waals surface area contributed by atoms with Crippen molar-refractivity contribution < 1.29 is 28.7 Å². The summed E-state index contributed by atoms with van der Waals surface area (Å²) in [4.78, 5) is 63.1. The molecule has 1 heterocycles. The fourth-order valence-corrected chi connectivity index (χ4v) is 4.70. The smallest absolute Gasteiger partial charge is 0.338 e. The molecule has 3 atom stereocenters. The molecule has 2 aliphatic rings. The van der Waals surface area contributed by atoms with Gasteiger partial charge in [0.15, 0.2) is 6.61 Å². The summed E-state index contributed by atoms with van der Waals surface area (Å²) in [5, 5.41) is 0.222. The molecule has 0 unspecified atom stereocenters. The zero-order valence-electron chi connectivity index (χ0n) is 19.0. The Kier molecular flexibility index (Phi) is 7.16. The molecule has 1 saturated heterocycles. The highest BCUT2D eigenvalue weighted by Gasteiger charge is 2.49. The number of nitrogens with zero attached hydrogens (tertiary/aromatic N) is 1. The number of hydrazine groups is 1. The first kappa shape index (κ1) is 24.4. The van der Waals surface area contributed by atoms with E-state index in [0.29, 0.717) is 24.4 Å². The van der Waals surface area contributed by atoms with Crippen LogP contribution in [0.15, 0.2) is 48.5 Å². The van der Waals surface area contributed by atoms with Gasteiger partial charge in [0, 0.05) is 0 Å². The van der Waals surface area contributed by atoms with E-state index in [2.05, 4.69) is 17.8 Å². The van der Waals surface area contributed by atoms with E-state index in [0.717, 1.165) is 6.42 Å². The minimum Gasteiger partial charge on any atom is -0.452 e. The number of anilines is 1. The van der Waals surface area contributed by atoms with Gasteiger partial charge in [0.25, 0.3) is 11.8 Å². The predicted molar refractivity (Wildman–Crippen MR) is 126 cm³/mol. The van der Waals surface area contributed by atoms with Crippen LogP contribution in [0.25, 0.3) is 0 Å². The molecule has 0 radical (unpaired) electrons. The average Bonchev–Trinajstić information content (AvgIpc) is 3.10. The highest BCUT2D eigenvalue weighted by molar-refractivity contribution is 6.33. The number of fused-ring (bicyclic) bond motifs is 1. The molecule has 9 nitrogen and oxygen atoms in total. The first-order chi connectivity index (χ1) is 16.8. The molecule has 2 fully saturated rings. The lowest BCUT2D eigenvalue weighted by molar-refractivity contribution is -0.125. The number of carbonyl (C=O) groups excluding carboxylic acids is 5. The van der Waals surface area contributed by atoms with Crippen LogP contribution in [-0.4, -0.2) is 36.2 Å². The van der Waals surface area contributed by atoms with Crippen molar-refractivity contribution in [3.8, 4) is 0 Å². The largest absolute Gasteiger partial charge is 0.452 e. The number of amides is 4. The van der Waals surface area contributed by atoms with Gasteiger partial charge in [-0.15, -0.1) is 0 Å². The van der Waals surface area contributed by atoms with Gasteiger partial charge in [0.1, 0.15) is 0 Å². The molecule has 182 valence electrons. The molecule has 0 aromatic heterocycles. The van der Waals surface area contributed by atoms with Crippen molar-refractivity contribution in [2.24, 2.45) is 17.8 Å². The lowest BCUT2D eigenvalue weighted by Gasteiger charge is -2.25. The Morgan fingerprint density at radius 1 is 0.971 bits per heavy atom. The Balaban J connectivity index is 1.29. The van der Waals surface area contributed by atoms with E-state index in [-0.39, 0.29) is 39.8 Å². The minimum absolute atomic E-state index is 0.145. The van der Waals surface area contributed by atoms with Crippen LogP contribution in [0.1, 0.15) is 46.9 Å². The van der Waals surface area contributed by atoms with E-state index >= 15 is 0 Å². The van der Waals surface area contributed by atoms with Crippen LogP contribution in [0.3, 0.4) is 0 Å². The maximum Gasteiger partial charge on any atom is 0.338 e. The van der Waals surface area contributed by atoms with Gasteiger partial charge in [-0.2, -0.15) is 0 Å². The van der Waals surface area contributed by atoms with Crippen molar-refractivity contribution in [2.75, 3.05) is 11.5 Å². The quantitative estimate of drug-likeness (QED) is 0.372. The van der Waals surface area contributed by atoms with Crippen molar-refractivity contribution >= 4 is 46.9 Å². The van der Waals surface area contributed by atoms with Crippen molar-refractivity contribution in [3.05, 3.63) is 64.7 Å². The van der Waals surface area contributed by atoms with Crippen molar-refractivity contribution in [1.29, 1.82) is 0 Å². The van der Waals surface area contributed by atoms with E-state index in [4.69, 9.17) is 16.3 Å². The molecule has 2 N–H and O–H groups in total. The molecule has 1 saturated carbocycles. The van der Waals surface area contributed by atoms with Gasteiger partial charge < -0.3 is 4.74 Å². The summed E-state index contributed by atoms with van der Waals surface area (Å²) in [6.45, 7) is 1.46. The lowest BCUT2D eigenvalue weighted by Crippen LogP contribution is -2.43. The molecule has 0 spiro atoms. The molecule has 1 aliphatic heterocycles. The maximum absolute atomic E-state index is 12.8. The number of nitrogens with one attached hydrogen (secondary N) is 2. The second-order valence-corrected chi connectivity index (χ2v) is 9.16. The maximum atomic E-state index is 12.8. The number of ether oxygens (including phenoxy) is 1. The monoisotopic (exact) mass is 497 g/mol. The fraction of sp³-hybridized carbons (Fsp3) is 0.320. The second kappa shape index (κ2) is 10.3. The van der Waals surface area contributed by atoms with E-state index in [1.54, 1.807) is 12.1 Å². The van der Waals surface area contributed by atoms with Gasteiger partial charge in [-0.1, -0.05) is 30.7 Å². The molecule has 10 heteroatoms. The van der Waals surface area contributed by atoms with E-state index in [1.165, 1.54) is 41.3 Å². The Bertz CT molecular complexity index is 1180. The number of hydrogen-bond acceptors (Lipinski definition) is 6. The number of rotatable bonds is 5. The summed E-state index contributed by atoms with van der Waals surface area (Å²) in [5.41, 5.74) is 5.06. The number of halogens is 1. The summed E-state index contributed by atoms with van der Waals surface area (Å²) >= 11 is 5.93. The normalized spacial score (nSPS) is 21.3. The third kappa shape index (κ3) is 5.19. The van der Waals surface area contributed by atoms with Gasteiger partial charge in [-0.25, -0.2) is 4.79 Å². The number of imide groups is 1. The SMILES string of the molecule is C[C@@H]1CC[C@@H]2C(=O)N(c3ccc(C(=O)OCC(=O)NNC(=O)c4ccccc4Cl)cc3)C(=O)[C@H]2C1.